The molecule has 1 heterocycles. The maximum atomic E-state index is 12.5. The van der Waals surface area contributed by atoms with Crippen molar-refractivity contribution in [2.45, 2.75) is 48.7 Å². The zero-order valence-electron chi connectivity index (χ0n) is 14.4. The molecule has 3 rings (SSSR count). The van der Waals surface area contributed by atoms with Crippen molar-refractivity contribution in [2.75, 3.05) is 25.4 Å². The number of hydrogen-bond acceptors (Lipinski definition) is 4. The van der Waals surface area contributed by atoms with E-state index in [0.29, 0.717) is 25.2 Å². The Morgan fingerprint density at radius 3 is 2.36 bits per heavy atom. The average molecular weight is 383 g/mol. The van der Waals surface area contributed by atoms with Crippen LogP contribution in [0.4, 0.5) is 0 Å². The first-order valence-electron chi connectivity index (χ1n) is 9.07. The van der Waals surface area contributed by atoms with Crippen molar-refractivity contribution in [3.63, 3.8) is 0 Å². The second-order valence-corrected chi connectivity index (χ2v) is 10.0. The van der Waals surface area contributed by atoms with Crippen LogP contribution in [-0.2, 0) is 10.0 Å². The summed E-state index contributed by atoms with van der Waals surface area (Å²) in [6.45, 7) is 1.82. The summed E-state index contributed by atoms with van der Waals surface area (Å²) in [7, 11) is -3.41. The monoisotopic (exact) mass is 382 g/mol. The Kier molecular flexibility index (Phi) is 6.41. The lowest BCUT2D eigenvalue weighted by molar-refractivity contribution is 0.0956. The third-order valence-corrected chi connectivity index (χ3v) is 8.16. The van der Waals surface area contributed by atoms with E-state index in [1.165, 1.54) is 42.1 Å². The molecular formula is C18H26N2O3S2. The molecule has 0 spiro atoms. The molecule has 2 fully saturated rings. The van der Waals surface area contributed by atoms with Gasteiger partial charge in [-0.25, -0.2) is 8.42 Å². The summed E-state index contributed by atoms with van der Waals surface area (Å²) in [6, 6.07) is 6.27. The molecule has 5 nitrogen and oxygen atoms in total. The first kappa shape index (κ1) is 18.7. The van der Waals surface area contributed by atoms with Crippen LogP contribution in [0.25, 0.3) is 0 Å². The van der Waals surface area contributed by atoms with Crippen LogP contribution >= 0.6 is 11.8 Å². The lowest BCUT2D eigenvalue weighted by atomic mass is 10.2. The quantitative estimate of drug-likeness (QED) is 0.737. The minimum Gasteiger partial charge on any atom is -0.351 e. The van der Waals surface area contributed by atoms with Crippen LogP contribution in [0.3, 0.4) is 0 Å². The molecule has 1 saturated carbocycles. The molecule has 0 bridgehead atoms. The van der Waals surface area contributed by atoms with Gasteiger partial charge in [-0.1, -0.05) is 12.8 Å². The fraction of sp³-hybridized carbons (Fsp3) is 0.611. The molecule has 25 heavy (non-hydrogen) atoms. The Bertz CT molecular complexity index is 677. The van der Waals surface area contributed by atoms with E-state index in [1.807, 2.05) is 11.8 Å². The average Bonchev–Trinajstić information content (AvgIpc) is 3.32. The van der Waals surface area contributed by atoms with Gasteiger partial charge in [-0.2, -0.15) is 16.1 Å². The van der Waals surface area contributed by atoms with Crippen LogP contribution < -0.4 is 5.32 Å². The van der Waals surface area contributed by atoms with E-state index in [-0.39, 0.29) is 10.8 Å². The van der Waals surface area contributed by atoms with Crippen LogP contribution in [0.2, 0.25) is 0 Å². The van der Waals surface area contributed by atoms with Crippen molar-refractivity contribution in [1.82, 2.24) is 9.62 Å². The molecule has 2 aliphatic rings. The molecule has 1 amide bonds. The van der Waals surface area contributed by atoms with Crippen molar-refractivity contribution in [3.05, 3.63) is 29.8 Å². The number of hydrogen-bond donors (Lipinski definition) is 1. The summed E-state index contributed by atoms with van der Waals surface area (Å²) in [5.41, 5.74) is 0.506. The molecule has 1 aromatic rings. The number of nitrogens with zero attached hydrogens (tertiary/aromatic N) is 1. The first-order chi connectivity index (χ1) is 12.1. The molecule has 7 heteroatoms. The Hall–Kier alpha value is -1.05. The van der Waals surface area contributed by atoms with Gasteiger partial charge in [-0.15, -0.1) is 0 Å². The normalized spacial score (nSPS) is 19.4. The zero-order chi connectivity index (χ0) is 17.7. The van der Waals surface area contributed by atoms with Gasteiger partial charge < -0.3 is 5.32 Å². The number of benzene rings is 1. The second-order valence-electron chi connectivity index (χ2n) is 6.67. The SMILES string of the molecule is O=C(NCCSC1CCCC1)c1ccc(S(=O)(=O)N2CCCC2)cc1. The Morgan fingerprint density at radius 1 is 1.08 bits per heavy atom. The van der Waals surface area contributed by atoms with Crippen LogP contribution in [0.15, 0.2) is 29.2 Å². The van der Waals surface area contributed by atoms with Gasteiger partial charge in [0.15, 0.2) is 0 Å². The van der Waals surface area contributed by atoms with E-state index < -0.39 is 10.0 Å². The largest absolute Gasteiger partial charge is 0.351 e. The minimum atomic E-state index is -3.41. The summed E-state index contributed by atoms with van der Waals surface area (Å²) in [5.74, 6) is 0.787. The van der Waals surface area contributed by atoms with Crippen molar-refractivity contribution in [3.8, 4) is 0 Å². The molecule has 1 aliphatic carbocycles. The van der Waals surface area contributed by atoms with Gasteiger partial charge >= 0.3 is 0 Å². The van der Waals surface area contributed by atoms with Gasteiger partial charge in [0.1, 0.15) is 0 Å². The number of amides is 1. The molecule has 138 valence electrons. The van der Waals surface area contributed by atoms with Crippen LogP contribution in [0.5, 0.6) is 0 Å². The highest BCUT2D eigenvalue weighted by Gasteiger charge is 2.27. The zero-order valence-corrected chi connectivity index (χ0v) is 16.1. The summed E-state index contributed by atoms with van der Waals surface area (Å²) in [4.78, 5) is 12.4. The lowest BCUT2D eigenvalue weighted by Crippen LogP contribution is -2.28. The number of carbonyl (C=O) groups is 1. The van der Waals surface area contributed by atoms with E-state index in [9.17, 15) is 13.2 Å². The van der Waals surface area contributed by atoms with E-state index >= 15 is 0 Å². The van der Waals surface area contributed by atoms with E-state index in [1.54, 1.807) is 12.1 Å². The van der Waals surface area contributed by atoms with Crippen molar-refractivity contribution in [2.24, 2.45) is 0 Å². The van der Waals surface area contributed by atoms with Gasteiger partial charge in [-0.3, -0.25) is 4.79 Å². The number of thioether (sulfide) groups is 1. The minimum absolute atomic E-state index is 0.142. The maximum absolute atomic E-state index is 12.5. The summed E-state index contributed by atoms with van der Waals surface area (Å²) in [6.07, 6.45) is 7.09. The van der Waals surface area contributed by atoms with E-state index in [2.05, 4.69) is 5.32 Å². The molecule has 0 aromatic heterocycles. The van der Waals surface area contributed by atoms with Crippen LogP contribution in [0.1, 0.15) is 48.9 Å². The van der Waals surface area contributed by atoms with Gasteiger partial charge in [-0.05, 0) is 49.9 Å². The number of carbonyl (C=O) groups excluding carboxylic acids is 1. The van der Waals surface area contributed by atoms with Crippen molar-refractivity contribution >= 4 is 27.7 Å². The topological polar surface area (TPSA) is 66.5 Å². The predicted molar refractivity (Wildman–Crippen MR) is 101 cm³/mol. The molecule has 1 aliphatic heterocycles. The Balaban J connectivity index is 1.50. The molecular weight excluding hydrogens is 356 g/mol. The van der Waals surface area contributed by atoms with Gasteiger partial charge in [0, 0.05) is 36.2 Å². The second kappa shape index (κ2) is 8.56. The van der Waals surface area contributed by atoms with Crippen LogP contribution in [-0.4, -0.2) is 49.3 Å². The van der Waals surface area contributed by atoms with E-state index in [0.717, 1.165) is 23.8 Å². The van der Waals surface area contributed by atoms with Gasteiger partial charge in [0.2, 0.25) is 10.0 Å². The predicted octanol–water partition coefficient (Wildman–Crippen LogP) is 2.88. The van der Waals surface area contributed by atoms with Crippen molar-refractivity contribution in [1.29, 1.82) is 0 Å². The molecule has 1 N–H and O–H groups in total. The third kappa shape index (κ3) is 4.77. The highest BCUT2D eigenvalue weighted by molar-refractivity contribution is 7.99. The summed E-state index contributed by atoms with van der Waals surface area (Å²) in [5, 5.41) is 3.67. The molecule has 0 unspecified atom stereocenters. The third-order valence-electron chi connectivity index (χ3n) is 4.86. The van der Waals surface area contributed by atoms with Gasteiger partial charge in [0.25, 0.3) is 5.91 Å². The Morgan fingerprint density at radius 2 is 1.72 bits per heavy atom. The fourth-order valence-corrected chi connectivity index (χ4v) is 6.14. The molecule has 1 aromatic carbocycles. The number of sulfonamides is 1. The van der Waals surface area contributed by atoms with E-state index in [4.69, 9.17) is 0 Å². The summed E-state index contributed by atoms with van der Waals surface area (Å²) < 4.78 is 26.5. The number of nitrogens with one attached hydrogen (secondary N) is 1. The maximum Gasteiger partial charge on any atom is 0.251 e. The summed E-state index contributed by atoms with van der Waals surface area (Å²) >= 11 is 1.94. The molecule has 0 radical (unpaired) electrons. The molecule has 1 saturated heterocycles. The van der Waals surface area contributed by atoms with Gasteiger partial charge in [0.05, 0.1) is 4.90 Å². The fourth-order valence-electron chi connectivity index (χ4n) is 3.40. The first-order valence-corrected chi connectivity index (χ1v) is 11.6. The Labute approximate surface area is 154 Å². The highest BCUT2D eigenvalue weighted by atomic mass is 32.2. The number of rotatable bonds is 7. The standard InChI is InChI=1S/C18H26N2O3S2/c21-18(19-11-14-24-16-5-1-2-6-16)15-7-9-17(10-8-15)25(22,23)20-12-3-4-13-20/h7-10,16H,1-6,11-14H2,(H,19,21). The van der Waals surface area contributed by atoms with Crippen LogP contribution in [0, 0.1) is 0 Å². The molecule has 0 atom stereocenters. The lowest BCUT2D eigenvalue weighted by Gasteiger charge is -2.15. The highest BCUT2D eigenvalue weighted by Crippen LogP contribution is 2.28. The van der Waals surface area contributed by atoms with Crippen molar-refractivity contribution < 1.29 is 13.2 Å². The smallest absolute Gasteiger partial charge is 0.251 e.